The SMILES string of the molecule is CCOP(=O)(OCC)C(CO)(COC)OCC1OC(n2ncc3c(N(C(=O)OC(C)(C)C)C4CCCC4)nc(Cl)nc32)C2OC(C)(C)OC12. The van der Waals surface area contributed by atoms with Gasteiger partial charge in [-0.2, -0.15) is 15.1 Å². The molecule has 2 saturated heterocycles. The second-order valence-electron chi connectivity index (χ2n) is 13.7. The number of carbonyl (C=O) groups excluding carboxylic acids is 1. The number of aliphatic hydroxyl groups excluding tert-OH is 1. The Bertz CT molecular complexity index is 1510. The summed E-state index contributed by atoms with van der Waals surface area (Å²) in [4.78, 5) is 24.2. The van der Waals surface area contributed by atoms with Crippen LogP contribution in [0.4, 0.5) is 10.6 Å². The van der Waals surface area contributed by atoms with E-state index in [2.05, 4.69) is 15.1 Å². The highest BCUT2D eigenvalue weighted by atomic mass is 35.5. The van der Waals surface area contributed by atoms with Crippen molar-refractivity contribution in [3.63, 3.8) is 0 Å². The van der Waals surface area contributed by atoms with Gasteiger partial charge in [-0.1, -0.05) is 12.8 Å². The number of amides is 1. The molecule has 49 heavy (non-hydrogen) atoms. The first-order chi connectivity index (χ1) is 23.1. The van der Waals surface area contributed by atoms with E-state index in [4.69, 9.17) is 49.1 Å². The van der Waals surface area contributed by atoms with Gasteiger partial charge in [0.15, 0.2) is 23.5 Å². The van der Waals surface area contributed by atoms with E-state index < -0.39 is 61.6 Å². The van der Waals surface area contributed by atoms with Gasteiger partial charge >= 0.3 is 13.7 Å². The number of nitrogens with zero attached hydrogens (tertiary/aromatic N) is 5. The minimum atomic E-state index is -4.05. The number of hydrogen-bond donors (Lipinski definition) is 1. The average molecular weight is 734 g/mol. The highest BCUT2D eigenvalue weighted by Crippen LogP contribution is 2.61. The summed E-state index contributed by atoms with van der Waals surface area (Å²) in [5.74, 6) is -0.713. The number of aromatic nitrogens is 4. The predicted molar refractivity (Wildman–Crippen MR) is 178 cm³/mol. The molecule has 0 radical (unpaired) electrons. The molecule has 0 aromatic carbocycles. The van der Waals surface area contributed by atoms with Crippen molar-refractivity contribution in [2.24, 2.45) is 0 Å². The van der Waals surface area contributed by atoms with Crippen molar-refractivity contribution >= 4 is 42.1 Å². The third-order valence-electron chi connectivity index (χ3n) is 8.51. The number of methoxy groups -OCH3 is 1. The summed E-state index contributed by atoms with van der Waals surface area (Å²) in [7, 11) is -2.66. The molecule has 5 unspecified atom stereocenters. The Kier molecular flexibility index (Phi) is 11.7. The lowest BCUT2D eigenvalue weighted by Gasteiger charge is -2.37. The van der Waals surface area contributed by atoms with Crippen LogP contribution < -0.4 is 4.90 Å². The maximum absolute atomic E-state index is 13.9. The van der Waals surface area contributed by atoms with E-state index in [9.17, 15) is 14.5 Å². The second kappa shape index (κ2) is 14.9. The van der Waals surface area contributed by atoms with Gasteiger partial charge in [-0.15, -0.1) is 0 Å². The van der Waals surface area contributed by atoms with Crippen molar-refractivity contribution in [1.82, 2.24) is 19.7 Å². The maximum atomic E-state index is 13.9. The van der Waals surface area contributed by atoms with Crippen molar-refractivity contribution in [2.75, 3.05) is 45.0 Å². The summed E-state index contributed by atoms with van der Waals surface area (Å²) in [5.41, 5.74) is -0.429. The lowest BCUT2D eigenvalue weighted by molar-refractivity contribution is -0.208. The standard InChI is InChI=1S/C31H49ClN5O11P/c1-9-43-49(40,44-10-2)31(17-38,18-41-8)42-16-21-22-23(47-30(6,7)46-22)26(45-21)37-25-20(15-33-37)24(34-27(32)35-25)36(19-13-11-12-14-19)28(39)48-29(3,4)5/h15,19,21-23,26,38H,9-14,16-18H2,1-8H3. The molecular formula is C31H49ClN5O11P. The van der Waals surface area contributed by atoms with Crippen molar-refractivity contribution in [3.8, 4) is 0 Å². The van der Waals surface area contributed by atoms with Crippen LogP contribution in [0.5, 0.6) is 0 Å². The van der Waals surface area contributed by atoms with E-state index in [0.717, 1.165) is 25.7 Å². The number of ether oxygens (including phenoxy) is 6. The van der Waals surface area contributed by atoms with E-state index >= 15 is 0 Å². The first-order valence-corrected chi connectivity index (χ1v) is 18.6. The summed E-state index contributed by atoms with van der Waals surface area (Å²) >= 11 is 6.53. The molecular weight excluding hydrogens is 685 g/mol. The molecule has 3 aliphatic rings. The van der Waals surface area contributed by atoms with Crippen LogP contribution in [0.25, 0.3) is 11.0 Å². The van der Waals surface area contributed by atoms with Gasteiger partial charge in [0.25, 0.3) is 0 Å². The Hall–Kier alpha value is -1.98. The van der Waals surface area contributed by atoms with E-state index in [1.54, 1.807) is 38.8 Å². The number of fused-ring (bicyclic) bond motifs is 2. The van der Waals surface area contributed by atoms with Crippen molar-refractivity contribution in [1.29, 1.82) is 0 Å². The minimum absolute atomic E-state index is 0.0504. The van der Waals surface area contributed by atoms with Gasteiger partial charge in [0, 0.05) is 13.2 Å². The summed E-state index contributed by atoms with van der Waals surface area (Å²) < 4.78 is 63.0. The van der Waals surface area contributed by atoms with E-state index in [-0.39, 0.29) is 43.6 Å². The molecule has 0 bridgehead atoms. The Labute approximate surface area is 291 Å². The van der Waals surface area contributed by atoms with Crippen molar-refractivity contribution in [3.05, 3.63) is 11.5 Å². The van der Waals surface area contributed by atoms with Crippen LogP contribution in [0.1, 0.15) is 80.4 Å². The first-order valence-electron chi connectivity index (χ1n) is 16.7. The summed E-state index contributed by atoms with van der Waals surface area (Å²) in [5, 5.41) is 13.7. The molecule has 2 aromatic heterocycles. The van der Waals surface area contributed by atoms with Gasteiger partial charge < -0.3 is 42.6 Å². The average Bonchev–Trinajstić information content (AvgIpc) is 3.79. The summed E-state index contributed by atoms with van der Waals surface area (Å²) in [6, 6.07) is -0.142. The zero-order chi connectivity index (χ0) is 35.8. The van der Waals surface area contributed by atoms with Crippen LogP contribution in [0.15, 0.2) is 6.20 Å². The van der Waals surface area contributed by atoms with Crippen LogP contribution in [-0.2, 0) is 42.0 Å². The van der Waals surface area contributed by atoms with Crippen LogP contribution >= 0.6 is 19.2 Å². The molecule has 2 aromatic rings. The fourth-order valence-electron chi connectivity index (χ4n) is 6.58. The molecule has 1 amide bonds. The quantitative estimate of drug-likeness (QED) is 0.198. The fourth-order valence-corrected chi connectivity index (χ4v) is 8.66. The monoisotopic (exact) mass is 733 g/mol. The zero-order valence-electron chi connectivity index (χ0n) is 29.4. The lowest BCUT2D eigenvalue weighted by Crippen LogP contribution is -2.46. The van der Waals surface area contributed by atoms with Crippen LogP contribution in [-0.4, -0.2) is 112 Å². The molecule has 1 N–H and O–H groups in total. The Morgan fingerprint density at radius 3 is 2.39 bits per heavy atom. The Morgan fingerprint density at radius 1 is 1.14 bits per heavy atom. The van der Waals surface area contributed by atoms with Gasteiger partial charge in [0.1, 0.15) is 23.9 Å². The highest BCUT2D eigenvalue weighted by Gasteiger charge is 2.59. The van der Waals surface area contributed by atoms with Crippen LogP contribution in [0.2, 0.25) is 5.28 Å². The van der Waals surface area contributed by atoms with Gasteiger partial charge in [-0.05, 0) is 72.9 Å². The smallest absolute Gasteiger partial charge is 0.416 e. The number of carbonyl (C=O) groups is 1. The molecule has 18 heteroatoms. The summed E-state index contributed by atoms with van der Waals surface area (Å²) in [6.07, 6.45) is 1.46. The molecule has 276 valence electrons. The summed E-state index contributed by atoms with van der Waals surface area (Å²) in [6.45, 7) is 11.2. The normalized spacial score (nSPS) is 25.5. The molecule has 0 spiro atoms. The molecule has 16 nitrogen and oxygen atoms in total. The largest absolute Gasteiger partial charge is 0.443 e. The number of hydrogen-bond acceptors (Lipinski definition) is 14. The second-order valence-corrected chi connectivity index (χ2v) is 16.4. The third kappa shape index (κ3) is 7.79. The molecule has 5 atom stereocenters. The van der Waals surface area contributed by atoms with Crippen LogP contribution in [0.3, 0.4) is 0 Å². The number of rotatable bonds is 14. The number of aliphatic hydroxyl groups is 1. The molecule has 2 aliphatic heterocycles. The Morgan fingerprint density at radius 2 is 1.80 bits per heavy atom. The topological polar surface area (TPSA) is 175 Å². The van der Waals surface area contributed by atoms with Crippen LogP contribution in [0, 0.1) is 0 Å². The van der Waals surface area contributed by atoms with E-state index in [1.165, 1.54) is 11.8 Å². The van der Waals surface area contributed by atoms with Gasteiger partial charge in [0.2, 0.25) is 10.6 Å². The molecule has 4 heterocycles. The van der Waals surface area contributed by atoms with Gasteiger partial charge in [-0.3, -0.25) is 9.46 Å². The molecule has 1 saturated carbocycles. The fraction of sp³-hybridized carbons (Fsp3) is 0.806. The number of anilines is 1. The van der Waals surface area contributed by atoms with Crippen molar-refractivity contribution in [2.45, 2.75) is 121 Å². The Balaban J connectivity index is 1.50. The molecule has 3 fully saturated rings. The number of halogens is 1. The predicted octanol–water partition coefficient (Wildman–Crippen LogP) is 5.20. The molecule has 5 rings (SSSR count). The minimum Gasteiger partial charge on any atom is -0.443 e. The lowest BCUT2D eigenvalue weighted by atomic mass is 10.1. The maximum Gasteiger partial charge on any atom is 0.416 e. The molecule has 1 aliphatic carbocycles. The van der Waals surface area contributed by atoms with Gasteiger partial charge in [-0.25, -0.2) is 9.48 Å². The zero-order valence-corrected chi connectivity index (χ0v) is 31.1. The first kappa shape index (κ1) is 38.3. The third-order valence-corrected chi connectivity index (χ3v) is 11.3. The highest BCUT2D eigenvalue weighted by molar-refractivity contribution is 7.55. The van der Waals surface area contributed by atoms with Crippen molar-refractivity contribution < 1.29 is 51.9 Å². The van der Waals surface area contributed by atoms with Gasteiger partial charge in [0.05, 0.1) is 44.6 Å². The van der Waals surface area contributed by atoms with E-state index in [0.29, 0.717) is 11.0 Å². The van der Waals surface area contributed by atoms with E-state index in [1.807, 2.05) is 20.8 Å².